The Kier molecular flexibility index (Phi) is 5.74. The molecule has 2 rings (SSSR count). The van der Waals surface area contributed by atoms with Crippen molar-refractivity contribution in [3.8, 4) is 0 Å². The van der Waals surface area contributed by atoms with Crippen LogP contribution in [0.2, 0.25) is 0 Å². The van der Waals surface area contributed by atoms with E-state index in [2.05, 4.69) is 53.3 Å². The number of fused-ring (bicyclic) bond motifs is 1. The molecule has 0 bridgehead atoms. The summed E-state index contributed by atoms with van der Waals surface area (Å²) in [5.41, 5.74) is 1.27. The zero-order valence-corrected chi connectivity index (χ0v) is 14.4. The molecule has 1 atom stereocenters. The molecule has 2 aromatic heterocycles. The van der Waals surface area contributed by atoms with Crippen molar-refractivity contribution >= 4 is 33.9 Å². The van der Waals surface area contributed by atoms with E-state index in [0.29, 0.717) is 6.04 Å². The van der Waals surface area contributed by atoms with Crippen LogP contribution in [0.5, 0.6) is 0 Å². The molecule has 2 heterocycles. The van der Waals surface area contributed by atoms with Crippen molar-refractivity contribution < 1.29 is 0 Å². The van der Waals surface area contributed by atoms with Crippen LogP contribution in [-0.4, -0.2) is 41.0 Å². The van der Waals surface area contributed by atoms with E-state index in [1.165, 1.54) is 17.9 Å². The average molecular weight is 313 g/mol. The van der Waals surface area contributed by atoms with E-state index in [1.807, 2.05) is 11.8 Å². The maximum absolute atomic E-state index is 4.82. The summed E-state index contributed by atoms with van der Waals surface area (Å²) in [5, 5.41) is 5.52. The lowest BCUT2D eigenvalue weighted by Gasteiger charge is -2.26. The highest BCUT2D eigenvalue weighted by atomic mass is 32.2. The summed E-state index contributed by atoms with van der Waals surface area (Å²) >= 11 is 3.60. The first kappa shape index (κ1) is 15.7. The van der Waals surface area contributed by atoms with Gasteiger partial charge in [0.05, 0.1) is 5.69 Å². The van der Waals surface area contributed by atoms with Gasteiger partial charge in [0.15, 0.2) is 10.8 Å². The van der Waals surface area contributed by atoms with Crippen LogP contribution in [0, 0.1) is 0 Å². The number of hydrogen-bond donors (Lipinski definition) is 1. The van der Waals surface area contributed by atoms with E-state index < -0.39 is 0 Å². The fraction of sp³-hybridized carbons (Fsp3) is 0.643. The third-order valence-electron chi connectivity index (χ3n) is 3.62. The number of hydrogen-bond acceptors (Lipinski definition) is 5. The van der Waals surface area contributed by atoms with Gasteiger partial charge in [-0.3, -0.25) is 4.40 Å². The lowest BCUT2D eigenvalue weighted by Crippen LogP contribution is -2.31. The van der Waals surface area contributed by atoms with E-state index >= 15 is 0 Å². The third-order valence-corrected chi connectivity index (χ3v) is 5.02. The lowest BCUT2D eigenvalue weighted by atomic mass is 10.2. The van der Waals surface area contributed by atoms with Crippen molar-refractivity contribution in [2.45, 2.75) is 32.9 Å². The van der Waals surface area contributed by atoms with Crippen LogP contribution in [0.1, 0.15) is 26.0 Å². The minimum Gasteiger partial charge on any atom is -0.355 e. The summed E-state index contributed by atoms with van der Waals surface area (Å²) in [6.45, 7) is 6.25. The number of rotatable bonds is 8. The van der Waals surface area contributed by atoms with Gasteiger partial charge >= 0.3 is 0 Å². The molecule has 112 valence electrons. The molecule has 6 heteroatoms. The first-order chi connectivity index (χ1) is 9.69. The fourth-order valence-corrected chi connectivity index (χ4v) is 3.51. The molecule has 0 aliphatic carbocycles. The summed E-state index contributed by atoms with van der Waals surface area (Å²) < 4.78 is 2.21. The Morgan fingerprint density at radius 2 is 2.35 bits per heavy atom. The molecule has 20 heavy (non-hydrogen) atoms. The van der Waals surface area contributed by atoms with E-state index in [0.717, 1.165) is 23.9 Å². The van der Waals surface area contributed by atoms with Gasteiger partial charge in [-0.2, -0.15) is 11.8 Å². The lowest BCUT2D eigenvalue weighted by molar-refractivity contribution is 0.650. The number of anilines is 1. The number of aromatic nitrogens is 2. The van der Waals surface area contributed by atoms with Crippen molar-refractivity contribution in [2.24, 2.45) is 0 Å². The fourth-order valence-electron chi connectivity index (χ4n) is 2.20. The third kappa shape index (κ3) is 3.30. The topological polar surface area (TPSA) is 32.6 Å². The number of thiazole rings is 1. The summed E-state index contributed by atoms with van der Waals surface area (Å²) in [6, 6.07) is 0.507. The molecule has 4 nitrogen and oxygen atoms in total. The molecule has 0 saturated heterocycles. The van der Waals surface area contributed by atoms with E-state index in [1.54, 1.807) is 11.3 Å². The molecule has 2 aromatic rings. The Morgan fingerprint density at radius 3 is 3.05 bits per heavy atom. The first-order valence-electron chi connectivity index (χ1n) is 7.06. The standard InChI is InChI=1S/C14H24N4S2/c1-5-15-10-12-13(16-14-18(12)7-9-20-14)17(3)11(2)6-8-19-4/h7,9,11,15H,5-6,8,10H2,1-4H3. The van der Waals surface area contributed by atoms with Gasteiger partial charge in [-0.1, -0.05) is 6.92 Å². The summed E-state index contributed by atoms with van der Waals surface area (Å²) in [5.74, 6) is 2.31. The van der Waals surface area contributed by atoms with Crippen LogP contribution in [0.3, 0.4) is 0 Å². The monoisotopic (exact) mass is 312 g/mol. The highest BCUT2D eigenvalue weighted by Crippen LogP contribution is 2.26. The summed E-state index contributed by atoms with van der Waals surface area (Å²) in [7, 11) is 2.16. The minimum atomic E-state index is 0.507. The molecule has 1 unspecified atom stereocenters. The minimum absolute atomic E-state index is 0.507. The number of nitrogens with one attached hydrogen (secondary N) is 1. The Labute approximate surface area is 129 Å². The highest BCUT2D eigenvalue weighted by molar-refractivity contribution is 7.98. The van der Waals surface area contributed by atoms with Crippen molar-refractivity contribution in [3.63, 3.8) is 0 Å². The van der Waals surface area contributed by atoms with Crippen LogP contribution < -0.4 is 10.2 Å². The van der Waals surface area contributed by atoms with Crippen molar-refractivity contribution in [2.75, 3.05) is 30.5 Å². The largest absolute Gasteiger partial charge is 0.355 e. The molecule has 1 N–H and O–H groups in total. The SMILES string of the molecule is CCNCc1c(N(C)C(C)CCSC)nc2sccn12. The molecule has 0 radical (unpaired) electrons. The second-order valence-electron chi connectivity index (χ2n) is 4.96. The Hall–Kier alpha value is -0.720. The van der Waals surface area contributed by atoms with Gasteiger partial charge in [-0.05, 0) is 31.9 Å². The Bertz CT molecular complexity index is 534. The smallest absolute Gasteiger partial charge is 0.195 e. The quantitative estimate of drug-likeness (QED) is 0.812. The van der Waals surface area contributed by atoms with Crippen molar-refractivity contribution in [1.82, 2.24) is 14.7 Å². The van der Waals surface area contributed by atoms with Crippen molar-refractivity contribution in [1.29, 1.82) is 0 Å². The van der Waals surface area contributed by atoms with Gasteiger partial charge < -0.3 is 10.2 Å². The highest BCUT2D eigenvalue weighted by Gasteiger charge is 2.19. The predicted octanol–water partition coefficient (Wildman–Crippen LogP) is 3.08. The maximum Gasteiger partial charge on any atom is 0.195 e. The van der Waals surface area contributed by atoms with Crippen LogP contribution in [0.15, 0.2) is 11.6 Å². The van der Waals surface area contributed by atoms with Crippen LogP contribution in [-0.2, 0) is 6.54 Å². The second kappa shape index (κ2) is 7.33. The normalized spacial score (nSPS) is 13.0. The van der Waals surface area contributed by atoms with Gasteiger partial charge in [0.2, 0.25) is 0 Å². The van der Waals surface area contributed by atoms with Crippen LogP contribution in [0.25, 0.3) is 4.96 Å². The van der Waals surface area contributed by atoms with Gasteiger partial charge in [0, 0.05) is 31.2 Å². The molecule has 0 aromatic carbocycles. The number of thioether (sulfide) groups is 1. The Morgan fingerprint density at radius 1 is 1.55 bits per heavy atom. The van der Waals surface area contributed by atoms with Gasteiger partial charge in [-0.25, -0.2) is 4.98 Å². The number of imidazole rings is 1. The molecular weight excluding hydrogens is 288 g/mol. The average Bonchev–Trinajstić information content (AvgIpc) is 3.02. The first-order valence-corrected chi connectivity index (χ1v) is 9.33. The summed E-state index contributed by atoms with van der Waals surface area (Å²) in [6.07, 6.45) is 5.46. The van der Waals surface area contributed by atoms with E-state index in [9.17, 15) is 0 Å². The van der Waals surface area contributed by atoms with Crippen molar-refractivity contribution in [3.05, 3.63) is 17.3 Å². The Balaban J connectivity index is 2.24. The van der Waals surface area contributed by atoms with E-state index in [4.69, 9.17) is 4.98 Å². The molecule has 0 aliphatic rings. The second-order valence-corrected chi connectivity index (χ2v) is 6.82. The maximum atomic E-state index is 4.82. The van der Waals surface area contributed by atoms with Crippen LogP contribution >= 0.6 is 23.1 Å². The zero-order valence-electron chi connectivity index (χ0n) is 12.7. The predicted molar refractivity (Wildman–Crippen MR) is 91.3 cm³/mol. The van der Waals surface area contributed by atoms with Gasteiger partial charge in [0.25, 0.3) is 0 Å². The number of nitrogens with zero attached hydrogens (tertiary/aromatic N) is 3. The molecule has 0 amide bonds. The van der Waals surface area contributed by atoms with Crippen LogP contribution in [0.4, 0.5) is 5.82 Å². The molecule has 0 saturated carbocycles. The van der Waals surface area contributed by atoms with Gasteiger partial charge in [0.1, 0.15) is 0 Å². The zero-order chi connectivity index (χ0) is 14.5. The molecule has 0 fully saturated rings. The summed E-state index contributed by atoms with van der Waals surface area (Å²) in [4.78, 5) is 8.22. The van der Waals surface area contributed by atoms with E-state index in [-0.39, 0.29) is 0 Å². The van der Waals surface area contributed by atoms with Gasteiger partial charge in [-0.15, -0.1) is 11.3 Å². The molecule has 0 aliphatic heterocycles. The molecule has 0 spiro atoms. The molecular formula is C14H24N4S2.